The molecule has 0 heterocycles. The Kier molecular flexibility index (Phi) is 5.74. The smallest absolute Gasteiger partial charge is 0.221 e. The monoisotopic (exact) mass is 297 g/mol. The van der Waals surface area contributed by atoms with Crippen LogP contribution in [0, 0.1) is 0 Å². The Morgan fingerprint density at radius 3 is 2.27 bits per heavy atom. The van der Waals surface area contributed by atoms with E-state index in [0.29, 0.717) is 5.70 Å². The van der Waals surface area contributed by atoms with Crippen LogP contribution in [0.3, 0.4) is 0 Å². The molecule has 1 N–H and O–H groups in total. The van der Waals surface area contributed by atoms with Crippen molar-refractivity contribution in [2.75, 3.05) is 13.9 Å². The van der Waals surface area contributed by atoms with E-state index in [0.717, 1.165) is 16.7 Å². The van der Waals surface area contributed by atoms with Crippen LogP contribution in [-0.4, -0.2) is 19.8 Å². The first-order chi connectivity index (χ1) is 10.7. The average molecular weight is 297 g/mol. The molecule has 2 rings (SSSR count). The van der Waals surface area contributed by atoms with E-state index in [-0.39, 0.29) is 12.7 Å². The standard InChI is InChI=1S/C18H19NO3/c1-14(20)19-18(12-22-13-21-2)17-10-8-16(9-11-17)15-6-4-3-5-7-15/h3-12H,13H2,1-2H3,(H,19,20). The fraction of sp³-hybridized carbons (Fsp3) is 0.167. The summed E-state index contributed by atoms with van der Waals surface area (Å²) >= 11 is 0. The number of carbonyl (C=O) groups is 1. The molecule has 0 saturated heterocycles. The van der Waals surface area contributed by atoms with E-state index >= 15 is 0 Å². The Hall–Kier alpha value is -2.59. The van der Waals surface area contributed by atoms with Gasteiger partial charge in [-0.2, -0.15) is 0 Å². The highest BCUT2D eigenvalue weighted by Gasteiger charge is 2.05. The van der Waals surface area contributed by atoms with Gasteiger partial charge in [0.2, 0.25) is 5.91 Å². The summed E-state index contributed by atoms with van der Waals surface area (Å²) in [5.41, 5.74) is 3.73. The summed E-state index contributed by atoms with van der Waals surface area (Å²) in [6.45, 7) is 1.59. The number of carbonyl (C=O) groups excluding carboxylic acids is 1. The Morgan fingerprint density at radius 2 is 1.68 bits per heavy atom. The third-order valence-corrected chi connectivity index (χ3v) is 3.00. The van der Waals surface area contributed by atoms with Crippen LogP contribution < -0.4 is 5.32 Å². The molecular formula is C18H19NO3. The Labute approximate surface area is 130 Å². The normalized spacial score (nSPS) is 11.1. The fourth-order valence-corrected chi connectivity index (χ4v) is 2.02. The molecule has 2 aromatic rings. The molecule has 1 amide bonds. The van der Waals surface area contributed by atoms with Gasteiger partial charge >= 0.3 is 0 Å². The minimum absolute atomic E-state index is 0.130. The van der Waals surface area contributed by atoms with Crippen LogP contribution in [0.4, 0.5) is 0 Å². The van der Waals surface area contributed by atoms with Crippen molar-refractivity contribution in [3.63, 3.8) is 0 Å². The fourth-order valence-electron chi connectivity index (χ4n) is 2.02. The zero-order valence-electron chi connectivity index (χ0n) is 12.7. The topological polar surface area (TPSA) is 47.6 Å². The summed E-state index contributed by atoms with van der Waals surface area (Å²) in [5.74, 6) is -0.153. The first-order valence-corrected chi connectivity index (χ1v) is 6.95. The summed E-state index contributed by atoms with van der Waals surface area (Å²) in [5, 5.41) is 2.76. The number of rotatable bonds is 6. The van der Waals surface area contributed by atoms with Crippen LogP contribution >= 0.6 is 0 Å². The highest BCUT2D eigenvalue weighted by Crippen LogP contribution is 2.21. The molecule has 0 bridgehead atoms. The van der Waals surface area contributed by atoms with E-state index in [1.807, 2.05) is 42.5 Å². The molecule has 4 heteroatoms. The molecule has 22 heavy (non-hydrogen) atoms. The van der Waals surface area contributed by atoms with Gasteiger partial charge in [-0.05, 0) is 11.1 Å². The summed E-state index contributed by atoms with van der Waals surface area (Å²) < 4.78 is 10.0. The zero-order valence-corrected chi connectivity index (χ0v) is 12.7. The zero-order chi connectivity index (χ0) is 15.8. The molecule has 0 aliphatic carbocycles. The third-order valence-electron chi connectivity index (χ3n) is 3.00. The van der Waals surface area contributed by atoms with E-state index in [2.05, 4.69) is 17.4 Å². The van der Waals surface area contributed by atoms with Gasteiger partial charge in [0.15, 0.2) is 6.79 Å². The van der Waals surface area contributed by atoms with Crippen molar-refractivity contribution < 1.29 is 14.3 Å². The first-order valence-electron chi connectivity index (χ1n) is 6.95. The van der Waals surface area contributed by atoms with Gasteiger partial charge in [0.25, 0.3) is 0 Å². The van der Waals surface area contributed by atoms with Crippen molar-refractivity contribution in [1.82, 2.24) is 5.32 Å². The van der Waals surface area contributed by atoms with Gasteiger partial charge in [0.1, 0.15) is 6.26 Å². The van der Waals surface area contributed by atoms with Crippen LogP contribution in [-0.2, 0) is 14.3 Å². The molecule has 0 aliphatic rings. The van der Waals surface area contributed by atoms with Crippen molar-refractivity contribution in [2.45, 2.75) is 6.92 Å². The lowest BCUT2D eigenvalue weighted by Gasteiger charge is -2.10. The van der Waals surface area contributed by atoms with Crippen molar-refractivity contribution in [1.29, 1.82) is 0 Å². The molecule has 0 aliphatic heterocycles. The molecule has 0 fully saturated rings. The molecule has 0 saturated carbocycles. The highest BCUT2D eigenvalue weighted by molar-refractivity contribution is 5.85. The van der Waals surface area contributed by atoms with Crippen molar-refractivity contribution in [3.8, 4) is 11.1 Å². The molecule has 0 radical (unpaired) electrons. The molecule has 0 spiro atoms. The Bertz CT molecular complexity index is 633. The van der Waals surface area contributed by atoms with Crippen LogP contribution in [0.15, 0.2) is 60.9 Å². The van der Waals surface area contributed by atoms with Gasteiger partial charge in [-0.15, -0.1) is 0 Å². The summed E-state index contributed by atoms with van der Waals surface area (Å²) in [4.78, 5) is 11.3. The predicted molar refractivity (Wildman–Crippen MR) is 86.6 cm³/mol. The molecule has 114 valence electrons. The highest BCUT2D eigenvalue weighted by atomic mass is 16.7. The maximum Gasteiger partial charge on any atom is 0.221 e. The Balaban J connectivity index is 2.21. The van der Waals surface area contributed by atoms with Gasteiger partial charge in [0.05, 0.1) is 5.70 Å². The lowest BCUT2D eigenvalue weighted by Crippen LogP contribution is -2.18. The van der Waals surface area contributed by atoms with E-state index in [1.54, 1.807) is 7.11 Å². The first kappa shape index (κ1) is 15.8. The second-order valence-electron chi connectivity index (χ2n) is 4.73. The SMILES string of the molecule is COCOC=C(NC(C)=O)c1ccc(-c2ccccc2)cc1. The van der Waals surface area contributed by atoms with Gasteiger partial charge in [-0.1, -0.05) is 54.6 Å². The van der Waals surface area contributed by atoms with E-state index in [9.17, 15) is 4.79 Å². The molecular weight excluding hydrogens is 278 g/mol. The number of amides is 1. The lowest BCUT2D eigenvalue weighted by molar-refractivity contribution is -0.117. The summed E-state index contributed by atoms with van der Waals surface area (Å²) in [6, 6.07) is 18.0. The maximum absolute atomic E-state index is 11.3. The minimum atomic E-state index is -0.153. The maximum atomic E-state index is 11.3. The third kappa shape index (κ3) is 4.46. The number of hydrogen-bond acceptors (Lipinski definition) is 3. The predicted octanol–water partition coefficient (Wildman–Crippen LogP) is 3.41. The van der Waals surface area contributed by atoms with Crippen molar-refractivity contribution in [3.05, 3.63) is 66.4 Å². The summed E-state index contributed by atoms with van der Waals surface area (Å²) in [7, 11) is 1.54. The van der Waals surface area contributed by atoms with Gasteiger partial charge in [-0.3, -0.25) is 4.79 Å². The second-order valence-corrected chi connectivity index (χ2v) is 4.73. The lowest BCUT2D eigenvalue weighted by atomic mass is 10.0. The number of benzene rings is 2. The average Bonchev–Trinajstić information content (AvgIpc) is 2.55. The van der Waals surface area contributed by atoms with Gasteiger partial charge < -0.3 is 14.8 Å². The Morgan fingerprint density at radius 1 is 1.05 bits per heavy atom. The number of ether oxygens (including phenoxy) is 2. The quantitative estimate of drug-likeness (QED) is 0.505. The molecule has 2 aromatic carbocycles. The van der Waals surface area contributed by atoms with Gasteiger partial charge in [-0.25, -0.2) is 0 Å². The largest absolute Gasteiger partial charge is 0.473 e. The van der Waals surface area contributed by atoms with Crippen molar-refractivity contribution >= 4 is 11.6 Å². The molecule has 4 nitrogen and oxygen atoms in total. The summed E-state index contributed by atoms with van der Waals surface area (Å²) in [6.07, 6.45) is 1.49. The van der Waals surface area contributed by atoms with Crippen LogP contribution in [0.2, 0.25) is 0 Å². The van der Waals surface area contributed by atoms with E-state index < -0.39 is 0 Å². The van der Waals surface area contributed by atoms with Crippen LogP contribution in [0.5, 0.6) is 0 Å². The molecule has 0 atom stereocenters. The molecule has 0 unspecified atom stereocenters. The van der Waals surface area contributed by atoms with Gasteiger partial charge in [0, 0.05) is 19.6 Å². The number of methoxy groups -OCH3 is 1. The number of nitrogens with one attached hydrogen (secondary N) is 1. The van der Waals surface area contributed by atoms with Crippen LogP contribution in [0.25, 0.3) is 16.8 Å². The molecule has 0 aromatic heterocycles. The van der Waals surface area contributed by atoms with Crippen molar-refractivity contribution in [2.24, 2.45) is 0 Å². The van der Waals surface area contributed by atoms with E-state index in [4.69, 9.17) is 9.47 Å². The minimum Gasteiger partial charge on any atom is -0.473 e. The van der Waals surface area contributed by atoms with Crippen LogP contribution in [0.1, 0.15) is 12.5 Å². The number of hydrogen-bond donors (Lipinski definition) is 1. The second kappa shape index (κ2) is 8.00. The van der Waals surface area contributed by atoms with E-state index in [1.165, 1.54) is 13.2 Å².